The van der Waals surface area contributed by atoms with Gasteiger partial charge in [0, 0.05) is 30.2 Å². The number of hydrogen-bond donors (Lipinski definition) is 1. The molecule has 17 heavy (non-hydrogen) atoms. The zero-order valence-corrected chi connectivity index (χ0v) is 10.6. The lowest BCUT2D eigenvalue weighted by Crippen LogP contribution is -2.23. The van der Waals surface area contributed by atoms with Crippen molar-refractivity contribution in [2.75, 3.05) is 0 Å². The van der Waals surface area contributed by atoms with E-state index in [0.717, 1.165) is 29.7 Å². The van der Waals surface area contributed by atoms with Gasteiger partial charge in [-0.2, -0.15) is 0 Å². The van der Waals surface area contributed by atoms with E-state index in [1.807, 2.05) is 17.6 Å². The molecule has 0 fully saturated rings. The van der Waals surface area contributed by atoms with E-state index >= 15 is 0 Å². The van der Waals surface area contributed by atoms with Crippen molar-refractivity contribution in [1.82, 2.24) is 9.88 Å². The van der Waals surface area contributed by atoms with Gasteiger partial charge in [-0.25, -0.2) is 4.39 Å². The van der Waals surface area contributed by atoms with E-state index in [-0.39, 0.29) is 5.82 Å². The largest absolute Gasteiger partial charge is 0.341 e. The Kier molecular flexibility index (Phi) is 3.48. The molecule has 3 heteroatoms. The molecule has 0 spiro atoms. The molecule has 0 saturated carbocycles. The van der Waals surface area contributed by atoms with Crippen molar-refractivity contribution in [1.29, 1.82) is 0 Å². The van der Waals surface area contributed by atoms with Gasteiger partial charge in [0.1, 0.15) is 5.82 Å². The van der Waals surface area contributed by atoms with Crippen LogP contribution in [0.1, 0.15) is 26.5 Å². The second-order valence-corrected chi connectivity index (χ2v) is 4.59. The topological polar surface area (TPSA) is 17.0 Å². The van der Waals surface area contributed by atoms with Gasteiger partial charge < -0.3 is 9.88 Å². The summed E-state index contributed by atoms with van der Waals surface area (Å²) in [5.41, 5.74) is 1.86. The number of aromatic nitrogens is 1. The van der Waals surface area contributed by atoms with Gasteiger partial charge in [-0.05, 0) is 19.1 Å². The van der Waals surface area contributed by atoms with Crippen LogP contribution in [0.5, 0.6) is 0 Å². The van der Waals surface area contributed by atoms with Gasteiger partial charge in [-0.1, -0.05) is 26.0 Å². The lowest BCUT2D eigenvalue weighted by molar-refractivity contribution is 0.560. The molecule has 2 nitrogen and oxygen atoms in total. The first kappa shape index (κ1) is 12.1. The van der Waals surface area contributed by atoms with Gasteiger partial charge >= 0.3 is 0 Å². The smallest absolute Gasteiger partial charge is 0.147 e. The predicted octanol–water partition coefficient (Wildman–Crippen LogP) is 3.30. The first-order valence-corrected chi connectivity index (χ1v) is 6.13. The highest BCUT2D eigenvalue weighted by Crippen LogP contribution is 2.22. The van der Waals surface area contributed by atoms with Crippen LogP contribution < -0.4 is 5.32 Å². The Bertz CT molecular complexity index is 514. The zero-order valence-electron chi connectivity index (χ0n) is 10.6. The first-order valence-electron chi connectivity index (χ1n) is 6.13. The highest BCUT2D eigenvalue weighted by atomic mass is 19.1. The summed E-state index contributed by atoms with van der Waals surface area (Å²) < 4.78 is 15.8. The fourth-order valence-electron chi connectivity index (χ4n) is 2.15. The van der Waals surface area contributed by atoms with E-state index in [9.17, 15) is 4.39 Å². The fraction of sp³-hybridized carbons (Fsp3) is 0.429. The van der Waals surface area contributed by atoms with Crippen molar-refractivity contribution in [2.24, 2.45) is 0 Å². The maximum atomic E-state index is 13.8. The molecular weight excluding hydrogens is 215 g/mol. The summed E-state index contributed by atoms with van der Waals surface area (Å²) in [6, 6.07) is 7.75. The van der Waals surface area contributed by atoms with E-state index in [1.165, 1.54) is 6.07 Å². The van der Waals surface area contributed by atoms with Crippen LogP contribution >= 0.6 is 0 Å². The van der Waals surface area contributed by atoms with E-state index in [2.05, 4.69) is 25.2 Å². The quantitative estimate of drug-likeness (QED) is 0.859. The Morgan fingerprint density at radius 1 is 1.35 bits per heavy atom. The molecule has 0 aliphatic rings. The molecule has 0 unspecified atom stereocenters. The molecule has 1 heterocycles. The highest BCUT2D eigenvalue weighted by Gasteiger charge is 2.10. The minimum atomic E-state index is -0.139. The number of fused-ring (bicyclic) bond motifs is 1. The van der Waals surface area contributed by atoms with Crippen LogP contribution in [-0.2, 0) is 13.1 Å². The Hall–Kier alpha value is -1.35. The average Bonchev–Trinajstić information content (AvgIpc) is 2.65. The average molecular weight is 234 g/mol. The molecule has 1 aromatic heterocycles. The van der Waals surface area contributed by atoms with Gasteiger partial charge in [0.05, 0.1) is 5.52 Å². The van der Waals surface area contributed by atoms with Crippen molar-refractivity contribution in [3.05, 3.63) is 35.8 Å². The second-order valence-electron chi connectivity index (χ2n) is 4.59. The third-order valence-electron chi connectivity index (χ3n) is 2.96. The molecule has 2 rings (SSSR count). The van der Waals surface area contributed by atoms with Crippen molar-refractivity contribution in [3.8, 4) is 0 Å². The summed E-state index contributed by atoms with van der Waals surface area (Å²) in [5, 5.41) is 4.35. The molecule has 0 aliphatic carbocycles. The third kappa shape index (κ3) is 2.34. The first-order chi connectivity index (χ1) is 8.13. The Labute approximate surface area is 101 Å². The van der Waals surface area contributed by atoms with Crippen LogP contribution in [0.15, 0.2) is 24.3 Å². The number of aryl methyl sites for hydroxylation is 1. The van der Waals surface area contributed by atoms with E-state index < -0.39 is 0 Å². The summed E-state index contributed by atoms with van der Waals surface area (Å²) in [7, 11) is 0. The number of nitrogens with one attached hydrogen (secondary N) is 1. The summed E-state index contributed by atoms with van der Waals surface area (Å²) in [6.07, 6.45) is 0. The summed E-state index contributed by atoms with van der Waals surface area (Å²) >= 11 is 0. The molecule has 1 N–H and O–H groups in total. The molecule has 0 saturated heterocycles. The Morgan fingerprint density at radius 2 is 2.12 bits per heavy atom. The number of nitrogens with zero attached hydrogens (tertiary/aromatic N) is 1. The number of para-hydroxylation sites is 1. The van der Waals surface area contributed by atoms with Crippen molar-refractivity contribution < 1.29 is 4.39 Å². The maximum absolute atomic E-state index is 13.8. The number of benzene rings is 1. The number of rotatable bonds is 4. The minimum absolute atomic E-state index is 0.139. The Morgan fingerprint density at radius 3 is 2.76 bits per heavy atom. The van der Waals surface area contributed by atoms with Gasteiger partial charge in [-0.3, -0.25) is 0 Å². The van der Waals surface area contributed by atoms with Crippen molar-refractivity contribution >= 4 is 10.9 Å². The van der Waals surface area contributed by atoms with Gasteiger partial charge in [0.15, 0.2) is 0 Å². The SMILES string of the molecule is CCn1c(CNC(C)C)cc2cccc(F)c21. The van der Waals surface area contributed by atoms with Gasteiger partial charge in [0.2, 0.25) is 0 Å². The molecule has 92 valence electrons. The van der Waals surface area contributed by atoms with Crippen LogP contribution in [0.4, 0.5) is 4.39 Å². The molecule has 0 bridgehead atoms. The van der Waals surface area contributed by atoms with Crippen molar-refractivity contribution in [2.45, 2.75) is 39.9 Å². The highest BCUT2D eigenvalue weighted by molar-refractivity contribution is 5.81. The molecule has 1 aromatic carbocycles. The molecule has 0 amide bonds. The Balaban J connectivity index is 2.45. The predicted molar refractivity (Wildman–Crippen MR) is 69.5 cm³/mol. The molecule has 0 radical (unpaired) electrons. The molecule has 2 aromatic rings. The number of halogens is 1. The second kappa shape index (κ2) is 4.88. The van der Waals surface area contributed by atoms with Crippen LogP contribution in [-0.4, -0.2) is 10.6 Å². The standard InChI is InChI=1S/C14H19FN2/c1-4-17-12(9-16-10(2)3)8-11-6-5-7-13(15)14(11)17/h5-8,10,16H,4,9H2,1-3H3. The van der Waals surface area contributed by atoms with Crippen molar-refractivity contribution in [3.63, 3.8) is 0 Å². The molecular formula is C14H19FN2. The van der Waals surface area contributed by atoms with Gasteiger partial charge in [-0.15, -0.1) is 0 Å². The maximum Gasteiger partial charge on any atom is 0.147 e. The fourth-order valence-corrected chi connectivity index (χ4v) is 2.15. The lowest BCUT2D eigenvalue weighted by Gasteiger charge is -2.11. The summed E-state index contributed by atoms with van der Waals surface area (Å²) in [6.45, 7) is 7.84. The number of hydrogen-bond acceptors (Lipinski definition) is 1. The van der Waals surface area contributed by atoms with Crippen LogP contribution in [0.2, 0.25) is 0 Å². The van der Waals surface area contributed by atoms with E-state index in [4.69, 9.17) is 0 Å². The molecule has 0 atom stereocenters. The van der Waals surface area contributed by atoms with Crippen LogP contribution in [0.25, 0.3) is 10.9 Å². The monoisotopic (exact) mass is 234 g/mol. The summed E-state index contributed by atoms with van der Waals surface area (Å²) in [5.74, 6) is -0.139. The van der Waals surface area contributed by atoms with E-state index in [0.29, 0.717) is 6.04 Å². The normalized spacial score (nSPS) is 11.6. The zero-order chi connectivity index (χ0) is 12.4. The minimum Gasteiger partial charge on any atom is -0.341 e. The van der Waals surface area contributed by atoms with Crippen LogP contribution in [0.3, 0.4) is 0 Å². The van der Waals surface area contributed by atoms with Gasteiger partial charge in [0.25, 0.3) is 0 Å². The third-order valence-corrected chi connectivity index (χ3v) is 2.96. The van der Waals surface area contributed by atoms with Crippen LogP contribution in [0, 0.1) is 5.82 Å². The van der Waals surface area contributed by atoms with E-state index in [1.54, 1.807) is 6.07 Å². The lowest BCUT2D eigenvalue weighted by atomic mass is 10.2. The summed E-state index contributed by atoms with van der Waals surface area (Å²) in [4.78, 5) is 0. The molecule has 0 aliphatic heterocycles.